The zero-order valence-electron chi connectivity index (χ0n) is 16.5. The van der Waals surface area contributed by atoms with Gasteiger partial charge in [-0.1, -0.05) is 36.4 Å². The van der Waals surface area contributed by atoms with Crippen molar-refractivity contribution in [2.75, 3.05) is 19.7 Å². The molecular formula is C24H26N2O3. The van der Waals surface area contributed by atoms with Crippen LogP contribution in [0.2, 0.25) is 0 Å². The topological polar surface area (TPSA) is 77.5 Å². The first-order valence-electron chi connectivity index (χ1n) is 9.91. The van der Waals surface area contributed by atoms with Crippen LogP contribution in [-0.2, 0) is 6.42 Å². The van der Waals surface area contributed by atoms with Crippen LogP contribution in [0.5, 0.6) is 11.5 Å². The number of H-pyrrole nitrogens is 1. The Balaban J connectivity index is 1.34. The third kappa shape index (κ3) is 4.36. The molecule has 5 nitrogen and oxygen atoms in total. The number of ether oxygens (including phenoxy) is 1. The standard InChI is InChI=1S/C24H26N2O3/c1-16-5-4-6-19(13-16)29-12-11-25-15-18(27)14-17-9-10-22(28)23-20-7-2-3-8-21(20)26-24(17)23/h2-10,13,18,25-28H,11-12,14-15H2,1H3. The molecule has 0 saturated carbocycles. The molecule has 1 heterocycles. The van der Waals surface area contributed by atoms with Crippen LogP contribution in [0.1, 0.15) is 11.1 Å². The molecule has 0 spiro atoms. The minimum Gasteiger partial charge on any atom is -0.507 e. The number of aliphatic hydroxyl groups is 1. The zero-order valence-corrected chi connectivity index (χ0v) is 16.5. The Kier molecular flexibility index (Phi) is 5.69. The van der Waals surface area contributed by atoms with Gasteiger partial charge in [0.15, 0.2) is 0 Å². The van der Waals surface area contributed by atoms with Crippen molar-refractivity contribution in [3.8, 4) is 11.5 Å². The maximum atomic E-state index is 10.5. The summed E-state index contributed by atoms with van der Waals surface area (Å²) in [4.78, 5) is 3.38. The maximum absolute atomic E-state index is 10.5. The Hall–Kier alpha value is -3.02. The number of aliphatic hydroxyl groups excluding tert-OH is 1. The molecule has 0 radical (unpaired) electrons. The molecule has 4 rings (SSSR count). The lowest BCUT2D eigenvalue weighted by atomic mass is 10.0. The predicted molar refractivity (Wildman–Crippen MR) is 117 cm³/mol. The minimum absolute atomic E-state index is 0.252. The first-order valence-corrected chi connectivity index (χ1v) is 9.91. The lowest BCUT2D eigenvalue weighted by Gasteiger charge is -2.13. The highest BCUT2D eigenvalue weighted by Gasteiger charge is 2.14. The number of hydrogen-bond acceptors (Lipinski definition) is 4. The summed E-state index contributed by atoms with van der Waals surface area (Å²) in [7, 11) is 0. The van der Waals surface area contributed by atoms with E-state index in [0.29, 0.717) is 26.1 Å². The van der Waals surface area contributed by atoms with E-state index in [9.17, 15) is 10.2 Å². The van der Waals surface area contributed by atoms with Crippen LogP contribution in [0, 0.1) is 6.92 Å². The summed E-state index contributed by atoms with van der Waals surface area (Å²) in [5.74, 6) is 1.11. The maximum Gasteiger partial charge on any atom is 0.125 e. The second-order valence-electron chi connectivity index (χ2n) is 7.39. The van der Waals surface area contributed by atoms with Crippen LogP contribution in [0.15, 0.2) is 60.7 Å². The van der Waals surface area contributed by atoms with Gasteiger partial charge in [-0.25, -0.2) is 0 Å². The largest absolute Gasteiger partial charge is 0.507 e. The lowest BCUT2D eigenvalue weighted by Crippen LogP contribution is -2.31. The third-order valence-corrected chi connectivity index (χ3v) is 5.10. The molecule has 29 heavy (non-hydrogen) atoms. The molecule has 150 valence electrons. The number of phenolic OH excluding ortho intramolecular Hbond substituents is 1. The molecule has 0 fully saturated rings. The van der Waals surface area contributed by atoms with Crippen molar-refractivity contribution in [1.82, 2.24) is 10.3 Å². The molecule has 0 aliphatic carbocycles. The number of benzene rings is 3. The van der Waals surface area contributed by atoms with Crippen molar-refractivity contribution in [2.24, 2.45) is 0 Å². The van der Waals surface area contributed by atoms with Crippen molar-refractivity contribution in [3.05, 3.63) is 71.8 Å². The molecule has 4 N–H and O–H groups in total. The van der Waals surface area contributed by atoms with Gasteiger partial charge in [0.25, 0.3) is 0 Å². The van der Waals surface area contributed by atoms with E-state index in [1.807, 2.05) is 61.5 Å². The minimum atomic E-state index is -0.534. The molecular weight excluding hydrogens is 364 g/mol. The molecule has 1 unspecified atom stereocenters. The summed E-state index contributed by atoms with van der Waals surface area (Å²) in [5.41, 5.74) is 4.02. The van der Waals surface area contributed by atoms with Gasteiger partial charge in [0, 0.05) is 35.8 Å². The van der Waals surface area contributed by atoms with Gasteiger partial charge >= 0.3 is 0 Å². The molecule has 3 aromatic carbocycles. The van der Waals surface area contributed by atoms with E-state index in [0.717, 1.165) is 33.1 Å². The van der Waals surface area contributed by atoms with Crippen molar-refractivity contribution in [2.45, 2.75) is 19.4 Å². The summed E-state index contributed by atoms with van der Waals surface area (Å²) in [6.07, 6.45) is -0.0388. The van der Waals surface area contributed by atoms with Gasteiger partial charge in [0.05, 0.1) is 11.6 Å². The van der Waals surface area contributed by atoms with Crippen LogP contribution >= 0.6 is 0 Å². The van der Waals surface area contributed by atoms with E-state index >= 15 is 0 Å². The predicted octanol–water partition coefficient (Wildman–Crippen LogP) is 3.91. The summed E-state index contributed by atoms with van der Waals surface area (Å²) in [5, 5.41) is 25.8. The molecule has 0 aliphatic heterocycles. The van der Waals surface area contributed by atoms with Crippen LogP contribution in [0.4, 0.5) is 0 Å². The van der Waals surface area contributed by atoms with E-state index in [2.05, 4.69) is 10.3 Å². The number of phenols is 1. The monoisotopic (exact) mass is 390 g/mol. The number of hydrogen-bond donors (Lipinski definition) is 4. The molecule has 0 saturated heterocycles. The Morgan fingerprint density at radius 2 is 1.93 bits per heavy atom. The number of rotatable bonds is 8. The number of aromatic hydroxyl groups is 1. The van der Waals surface area contributed by atoms with E-state index < -0.39 is 6.10 Å². The molecule has 5 heteroatoms. The molecule has 0 bridgehead atoms. The lowest BCUT2D eigenvalue weighted by molar-refractivity contribution is 0.169. The fourth-order valence-electron chi connectivity index (χ4n) is 3.71. The Morgan fingerprint density at radius 1 is 1.07 bits per heavy atom. The number of fused-ring (bicyclic) bond motifs is 3. The number of aromatic amines is 1. The Bertz CT molecular complexity index is 1120. The van der Waals surface area contributed by atoms with Crippen LogP contribution in [0.25, 0.3) is 21.8 Å². The summed E-state index contributed by atoms with van der Waals surface area (Å²) >= 11 is 0. The first kappa shape index (κ1) is 19.3. The summed E-state index contributed by atoms with van der Waals surface area (Å²) in [6, 6.07) is 19.4. The first-order chi connectivity index (χ1) is 14.1. The highest BCUT2D eigenvalue weighted by Crippen LogP contribution is 2.34. The number of aromatic nitrogens is 1. The SMILES string of the molecule is Cc1cccc(OCCNCC(O)Cc2ccc(O)c3c2[nH]c2ccccc23)c1. The molecule has 1 atom stereocenters. The van der Waals surface area contributed by atoms with E-state index in [-0.39, 0.29) is 5.75 Å². The number of para-hydroxylation sites is 1. The fourth-order valence-corrected chi connectivity index (χ4v) is 3.71. The number of nitrogens with one attached hydrogen (secondary N) is 2. The quantitative estimate of drug-likeness (QED) is 0.344. The molecule has 0 aliphatic rings. The van der Waals surface area contributed by atoms with Crippen molar-refractivity contribution in [3.63, 3.8) is 0 Å². The normalized spacial score (nSPS) is 12.5. The zero-order chi connectivity index (χ0) is 20.2. The Labute approximate surface area is 170 Å². The third-order valence-electron chi connectivity index (χ3n) is 5.10. The molecule has 4 aromatic rings. The van der Waals surface area contributed by atoms with Crippen LogP contribution in [0.3, 0.4) is 0 Å². The molecule has 0 amide bonds. The van der Waals surface area contributed by atoms with Crippen LogP contribution in [-0.4, -0.2) is 41.0 Å². The van der Waals surface area contributed by atoms with Gasteiger partial charge in [-0.3, -0.25) is 0 Å². The second kappa shape index (κ2) is 8.55. The summed E-state index contributed by atoms with van der Waals surface area (Å²) in [6.45, 7) is 3.71. The Morgan fingerprint density at radius 3 is 2.79 bits per heavy atom. The molecule has 1 aromatic heterocycles. The summed E-state index contributed by atoms with van der Waals surface area (Å²) < 4.78 is 5.71. The van der Waals surface area contributed by atoms with Gasteiger partial charge in [0.1, 0.15) is 18.1 Å². The highest BCUT2D eigenvalue weighted by atomic mass is 16.5. The van der Waals surface area contributed by atoms with Gasteiger partial charge in [-0.2, -0.15) is 0 Å². The van der Waals surface area contributed by atoms with Gasteiger partial charge in [-0.05, 0) is 42.3 Å². The van der Waals surface area contributed by atoms with Crippen LogP contribution < -0.4 is 10.1 Å². The van der Waals surface area contributed by atoms with Crippen molar-refractivity contribution < 1.29 is 14.9 Å². The number of aryl methyl sites for hydroxylation is 1. The highest BCUT2D eigenvalue weighted by molar-refractivity contribution is 6.11. The smallest absolute Gasteiger partial charge is 0.125 e. The van der Waals surface area contributed by atoms with Gasteiger partial charge in [0.2, 0.25) is 0 Å². The fraction of sp³-hybridized carbons (Fsp3) is 0.250. The van der Waals surface area contributed by atoms with Gasteiger partial charge in [-0.15, -0.1) is 0 Å². The van der Waals surface area contributed by atoms with Crippen molar-refractivity contribution in [1.29, 1.82) is 0 Å². The van der Waals surface area contributed by atoms with Gasteiger partial charge < -0.3 is 25.3 Å². The average Bonchev–Trinajstić information content (AvgIpc) is 3.11. The average molecular weight is 390 g/mol. The van der Waals surface area contributed by atoms with E-state index in [4.69, 9.17) is 4.74 Å². The van der Waals surface area contributed by atoms with Crippen molar-refractivity contribution >= 4 is 21.8 Å². The second-order valence-corrected chi connectivity index (χ2v) is 7.39. The van der Waals surface area contributed by atoms with E-state index in [1.54, 1.807) is 6.07 Å². The van der Waals surface area contributed by atoms with E-state index in [1.165, 1.54) is 5.56 Å².